The van der Waals surface area contributed by atoms with Crippen LogP contribution in [0, 0.1) is 16.0 Å². The zero-order valence-electron chi connectivity index (χ0n) is 11.5. The van der Waals surface area contributed by atoms with Crippen LogP contribution in [0.3, 0.4) is 0 Å². The fourth-order valence-corrected chi connectivity index (χ4v) is 4.30. The van der Waals surface area contributed by atoms with Gasteiger partial charge in [0.1, 0.15) is 5.69 Å². The lowest BCUT2D eigenvalue weighted by Crippen LogP contribution is -2.39. The Balaban J connectivity index is 2.41. The van der Waals surface area contributed by atoms with Crippen molar-refractivity contribution < 1.29 is 18.4 Å². The number of aliphatic hydroxyl groups excluding tert-OH is 1. The number of anilines is 1. The fourth-order valence-electron chi connectivity index (χ4n) is 2.54. The molecule has 1 aromatic rings. The number of benzene rings is 1. The van der Waals surface area contributed by atoms with Crippen LogP contribution in [0.2, 0.25) is 0 Å². The van der Waals surface area contributed by atoms with Crippen LogP contribution in [0.15, 0.2) is 23.1 Å². The molecule has 3 N–H and O–H groups in total. The molecule has 0 saturated carbocycles. The lowest BCUT2D eigenvalue weighted by Gasteiger charge is -2.24. The van der Waals surface area contributed by atoms with Gasteiger partial charge in [0, 0.05) is 12.6 Å². The number of nitro benzene ring substituents is 1. The number of aliphatic hydroxyl groups is 1. The minimum Gasteiger partial charge on any atom is -0.395 e. The highest BCUT2D eigenvalue weighted by atomic mass is 32.2. The van der Waals surface area contributed by atoms with E-state index in [2.05, 4.69) is 0 Å². The van der Waals surface area contributed by atoms with Crippen molar-refractivity contribution in [2.24, 2.45) is 5.92 Å². The van der Waals surface area contributed by atoms with Crippen molar-refractivity contribution in [3.8, 4) is 0 Å². The summed E-state index contributed by atoms with van der Waals surface area (Å²) in [5.41, 5.74) is 5.01. The Labute approximate surface area is 122 Å². The predicted molar refractivity (Wildman–Crippen MR) is 76.1 cm³/mol. The van der Waals surface area contributed by atoms with Crippen molar-refractivity contribution >= 4 is 21.4 Å². The predicted octanol–water partition coefficient (Wildman–Crippen LogP) is 0.568. The molecule has 21 heavy (non-hydrogen) atoms. The first kappa shape index (κ1) is 15.7. The molecule has 9 heteroatoms. The van der Waals surface area contributed by atoms with E-state index in [1.165, 1.54) is 10.4 Å². The van der Waals surface area contributed by atoms with Crippen LogP contribution in [0.5, 0.6) is 0 Å². The van der Waals surface area contributed by atoms with Crippen LogP contribution < -0.4 is 5.73 Å². The molecule has 2 unspecified atom stereocenters. The molecule has 1 saturated heterocycles. The summed E-state index contributed by atoms with van der Waals surface area (Å²) >= 11 is 0. The number of nitro groups is 1. The van der Waals surface area contributed by atoms with Gasteiger partial charge in [-0.1, -0.05) is 6.92 Å². The molecule has 0 radical (unpaired) electrons. The molecule has 0 aromatic heterocycles. The van der Waals surface area contributed by atoms with Gasteiger partial charge in [-0.05, 0) is 24.5 Å². The molecular weight excluding hydrogens is 298 g/mol. The molecule has 1 aromatic carbocycles. The number of sulfonamides is 1. The molecule has 1 heterocycles. The van der Waals surface area contributed by atoms with E-state index in [1.54, 1.807) is 0 Å². The lowest BCUT2D eigenvalue weighted by atomic mass is 10.0. The highest BCUT2D eigenvalue weighted by molar-refractivity contribution is 7.89. The maximum Gasteiger partial charge on any atom is 0.292 e. The maximum absolute atomic E-state index is 12.6. The van der Waals surface area contributed by atoms with Crippen LogP contribution in [-0.4, -0.2) is 41.9 Å². The first-order chi connectivity index (χ1) is 9.78. The zero-order chi connectivity index (χ0) is 15.8. The number of hydrogen-bond donors (Lipinski definition) is 2. The number of rotatable bonds is 4. The molecule has 8 nitrogen and oxygen atoms in total. The van der Waals surface area contributed by atoms with Crippen molar-refractivity contribution in [3.63, 3.8) is 0 Å². The van der Waals surface area contributed by atoms with Gasteiger partial charge in [0.05, 0.1) is 22.5 Å². The normalized spacial score (nSPS) is 23.3. The Morgan fingerprint density at radius 3 is 2.71 bits per heavy atom. The van der Waals surface area contributed by atoms with Crippen LogP contribution in [0.25, 0.3) is 0 Å². The second-order valence-electron chi connectivity index (χ2n) is 5.11. The molecule has 0 spiro atoms. The summed E-state index contributed by atoms with van der Waals surface area (Å²) in [6.45, 7) is 1.93. The van der Waals surface area contributed by atoms with Gasteiger partial charge in [0.25, 0.3) is 5.69 Å². The summed E-state index contributed by atoms with van der Waals surface area (Å²) in [4.78, 5) is 9.95. The van der Waals surface area contributed by atoms with Gasteiger partial charge in [-0.3, -0.25) is 10.1 Å². The lowest BCUT2D eigenvalue weighted by molar-refractivity contribution is -0.383. The first-order valence-corrected chi connectivity index (χ1v) is 7.89. The Hall–Kier alpha value is -1.71. The standard InChI is InChI=1S/C12H17N3O5S/c1-8-4-5-14(12(8)7-16)21(19,20)9-2-3-11(15(17)18)10(13)6-9/h2-3,6,8,12,16H,4-5,7,13H2,1H3. The Kier molecular flexibility index (Phi) is 4.17. The van der Waals surface area contributed by atoms with E-state index < -0.39 is 21.0 Å². The summed E-state index contributed by atoms with van der Waals surface area (Å²) in [7, 11) is -3.83. The van der Waals surface area contributed by atoms with E-state index >= 15 is 0 Å². The van der Waals surface area contributed by atoms with Crippen molar-refractivity contribution in [2.45, 2.75) is 24.3 Å². The van der Waals surface area contributed by atoms with Gasteiger partial charge in [0.15, 0.2) is 0 Å². The summed E-state index contributed by atoms with van der Waals surface area (Å²) < 4.78 is 26.4. The number of nitrogens with zero attached hydrogens (tertiary/aromatic N) is 2. The van der Waals surface area contributed by atoms with Crippen LogP contribution in [0.4, 0.5) is 11.4 Å². The minimum atomic E-state index is -3.83. The van der Waals surface area contributed by atoms with Crippen molar-refractivity contribution in [1.82, 2.24) is 4.31 Å². The molecule has 1 aliphatic rings. The van der Waals surface area contributed by atoms with Gasteiger partial charge in [-0.2, -0.15) is 4.31 Å². The summed E-state index contributed by atoms with van der Waals surface area (Å²) in [5, 5.41) is 20.1. The molecular formula is C12H17N3O5S. The molecule has 2 atom stereocenters. The molecule has 2 rings (SSSR count). The van der Waals surface area contributed by atoms with E-state index in [1.807, 2.05) is 6.92 Å². The second kappa shape index (κ2) is 5.58. The highest BCUT2D eigenvalue weighted by Gasteiger charge is 2.39. The van der Waals surface area contributed by atoms with Crippen LogP contribution in [0.1, 0.15) is 13.3 Å². The summed E-state index contributed by atoms with van der Waals surface area (Å²) in [6.07, 6.45) is 0.660. The van der Waals surface area contributed by atoms with Gasteiger partial charge in [-0.25, -0.2) is 8.42 Å². The Bertz CT molecular complexity index is 661. The second-order valence-corrected chi connectivity index (χ2v) is 7.00. The molecule has 0 aliphatic carbocycles. The van der Waals surface area contributed by atoms with Gasteiger partial charge >= 0.3 is 0 Å². The maximum atomic E-state index is 12.6. The highest BCUT2D eigenvalue weighted by Crippen LogP contribution is 2.32. The third-order valence-corrected chi connectivity index (χ3v) is 5.74. The number of nitrogen functional groups attached to an aromatic ring is 1. The topological polar surface area (TPSA) is 127 Å². The monoisotopic (exact) mass is 315 g/mol. The van der Waals surface area contributed by atoms with Gasteiger partial charge in [0.2, 0.25) is 10.0 Å². The van der Waals surface area contributed by atoms with Crippen LogP contribution in [-0.2, 0) is 10.0 Å². The molecule has 1 aliphatic heterocycles. The van der Waals surface area contributed by atoms with Gasteiger partial charge in [-0.15, -0.1) is 0 Å². The average molecular weight is 315 g/mol. The number of nitrogens with two attached hydrogens (primary N) is 1. The van der Waals surface area contributed by atoms with Crippen LogP contribution >= 0.6 is 0 Å². The zero-order valence-corrected chi connectivity index (χ0v) is 12.3. The molecule has 0 amide bonds. The quantitative estimate of drug-likeness (QED) is 0.475. The van der Waals surface area contributed by atoms with E-state index in [-0.39, 0.29) is 28.8 Å². The van der Waals surface area contributed by atoms with E-state index in [0.717, 1.165) is 12.1 Å². The van der Waals surface area contributed by atoms with Crippen molar-refractivity contribution in [2.75, 3.05) is 18.9 Å². The summed E-state index contributed by atoms with van der Waals surface area (Å²) in [5.74, 6) is 0.0557. The Morgan fingerprint density at radius 2 is 2.19 bits per heavy atom. The van der Waals surface area contributed by atoms with Crippen molar-refractivity contribution in [1.29, 1.82) is 0 Å². The van der Waals surface area contributed by atoms with Crippen molar-refractivity contribution in [3.05, 3.63) is 28.3 Å². The average Bonchev–Trinajstić information content (AvgIpc) is 2.79. The largest absolute Gasteiger partial charge is 0.395 e. The molecule has 0 bridgehead atoms. The summed E-state index contributed by atoms with van der Waals surface area (Å²) in [6, 6.07) is 2.85. The third kappa shape index (κ3) is 2.71. The van der Waals surface area contributed by atoms with E-state index in [0.29, 0.717) is 13.0 Å². The smallest absolute Gasteiger partial charge is 0.292 e. The van der Waals surface area contributed by atoms with E-state index in [9.17, 15) is 23.6 Å². The third-order valence-electron chi connectivity index (χ3n) is 3.82. The molecule has 116 valence electrons. The first-order valence-electron chi connectivity index (χ1n) is 6.45. The molecule has 1 fully saturated rings. The minimum absolute atomic E-state index is 0.0557. The Morgan fingerprint density at radius 1 is 1.52 bits per heavy atom. The fraction of sp³-hybridized carbons (Fsp3) is 0.500. The van der Waals surface area contributed by atoms with Gasteiger partial charge < -0.3 is 10.8 Å². The van der Waals surface area contributed by atoms with E-state index in [4.69, 9.17) is 5.73 Å². The number of hydrogen-bond acceptors (Lipinski definition) is 6. The SMILES string of the molecule is CC1CCN(S(=O)(=O)c2ccc([N+](=O)[O-])c(N)c2)C1CO.